The van der Waals surface area contributed by atoms with Gasteiger partial charge in [-0.2, -0.15) is 13.2 Å². The molecule has 23 heavy (non-hydrogen) atoms. The van der Waals surface area contributed by atoms with Crippen LogP contribution in [0.15, 0.2) is 36.8 Å². The van der Waals surface area contributed by atoms with Crippen LogP contribution in [0.4, 0.5) is 19.0 Å². The van der Waals surface area contributed by atoms with Gasteiger partial charge in [-0.1, -0.05) is 6.07 Å². The Bertz CT molecular complexity index is 690. The van der Waals surface area contributed by atoms with Crippen molar-refractivity contribution < 1.29 is 22.7 Å². The minimum absolute atomic E-state index is 0.0915. The molecule has 0 N–H and O–H groups in total. The third kappa shape index (κ3) is 3.97. The number of methoxy groups -OCH3 is 1. The van der Waals surface area contributed by atoms with Crippen LogP contribution in [0.1, 0.15) is 21.5 Å². The van der Waals surface area contributed by atoms with Crippen molar-refractivity contribution >= 4 is 11.8 Å². The van der Waals surface area contributed by atoms with Gasteiger partial charge < -0.3 is 9.64 Å². The van der Waals surface area contributed by atoms with E-state index in [1.54, 1.807) is 31.6 Å². The molecule has 2 aromatic heterocycles. The number of alkyl halides is 3. The number of nitrogens with zero attached hydrogens (tertiary/aromatic N) is 3. The number of pyridine rings is 2. The summed E-state index contributed by atoms with van der Waals surface area (Å²) in [5.74, 6) is -0.986. The van der Waals surface area contributed by atoms with Gasteiger partial charge in [0.1, 0.15) is 5.82 Å². The number of halogens is 3. The number of esters is 1. The number of hydrogen-bond acceptors (Lipinski definition) is 5. The van der Waals surface area contributed by atoms with E-state index < -0.39 is 23.3 Å². The van der Waals surface area contributed by atoms with Gasteiger partial charge in [-0.05, 0) is 17.7 Å². The van der Waals surface area contributed by atoms with Gasteiger partial charge in [0, 0.05) is 32.2 Å². The summed E-state index contributed by atoms with van der Waals surface area (Å²) in [4.78, 5) is 20.9. The molecule has 0 fully saturated rings. The Balaban J connectivity index is 2.35. The molecule has 0 aliphatic heterocycles. The average Bonchev–Trinajstić information content (AvgIpc) is 2.53. The van der Waals surface area contributed by atoms with Crippen LogP contribution in [-0.2, 0) is 17.5 Å². The molecule has 0 unspecified atom stereocenters. The Morgan fingerprint density at radius 3 is 2.65 bits per heavy atom. The summed E-state index contributed by atoms with van der Waals surface area (Å²) in [6.07, 6.45) is -0.585. The first-order valence-electron chi connectivity index (χ1n) is 6.58. The maximum absolute atomic E-state index is 13.2. The molecule has 0 bridgehead atoms. The van der Waals surface area contributed by atoms with E-state index in [1.807, 2.05) is 0 Å². The zero-order valence-electron chi connectivity index (χ0n) is 12.5. The van der Waals surface area contributed by atoms with E-state index >= 15 is 0 Å². The number of ether oxygens (including phenoxy) is 1. The van der Waals surface area contributed by atoms with E-state index in [2.05, 4.69) is 14.7 Å². The SMILES string of the molecule is COC(=O)c1cnc(N(C)Cc2cccnc2)cc1C(F)(F)F. The molecule has 2 rings (SSSR count). The first-order chi connectivity index (χ1) is 10.8. The lowest BCUT2D eigenvalue weighted by Crippen LogP contribution is -2.21. The predicted octanol–water partition coefficient (Wildman–Crippen LogP) is 2.92. The zero-order valence-corrected chi connectivity index (χ0v) is 12.5. The van der Waals surface area contributed by atoms with E-state index in [4.69, 9.17) is 0 Å². The van der Waals surface area contributed by atoms with Crippen LogP contribution in [0, 0.1) is 0 Å². The van der Waals surface area contributed by atoms with Gasteiger partial charge in [-0.15, -0.1) is 0 Å². The first kappa shape index (κ1) is 16.7. The highest BCUT2D eigenvalue weighted by molar-refractivity contribution is 5.91. The summed E-state index contributed by atoms with van der Waals surface area (Å²) in [5.41, 5.74) is -0.867. The Kier molecular flexibility index (Phi) is 4.83. The van der Waals surface area contributed by atoms with Crippen molar-refractivity contribution in [2.75, 3.05) is 19.1 Å². The lowest BCUT2D eigenvalue weighted by atomic mass is 10.1. The van der Waals surface area contributed by atoms with Crippen molar-refractivity contribution in [3.8, 4) is 0 Å². The highest BCUT2D eigenvalue weighted by atomic mass is 19.4. The van der Waals surface area contributed by atoms with Crippen molar-refractivity contribution in [3.63, 3.8) is 0 Å². The lowest BCUT2D eigenvalue weighted by molar-refractivity contribution is -0.138. The highest BCUT2D eigenvalue weighted by Gasteiger charge is 2.36. The molecule has 2 heterocycles. The fourth-order valence-electron chi connectivity index (χ4n) is 2.01. The van der Waals surface area contributed by atoms with E-state index in [0.29, 0.717) is 6.54 Å². The van der Waals surface area contributed by atoms with E-state index in [1.165, 1.54) is 4.90 Å². The van der Waals surface area contributed by atoms with E-state index in [9.17, 15) is 18.0 Å². The lowest BCUT2D eigenvalue weighted by Gasteiger charge is -2.20. The molecule has 0 amide bonds. The number of hydrogen-bond donors (Lipinski definition) is 0. The van der Waals surface area contributed by atoms with Crippen LogP contribution < -0.4 is 4.90 Å². The van der Waals surface area contributed by atoms with E-state index in [-0.39, 0.29) is 5.82 Å². The van der Waals surface area contributed by atoms with Crippen LogP contribution in [0.5, 0.6) is 0 Å². The van der Waals surface area contributed by atoms with Gasteiger partial charge in [0.05, 0.1) is 18.2 Å². The summed E-state index contributed by atoms with van der Waals surface area (Å²) in [7, 11) is 2.62. The molecule has 0 saturated heterocycles. The maximum atomic E-state index is 13.2. The summed E-state index contributed by atoms with van der Waals surface area (Å²) < 4.78 is 43.8. The van der Waals surface area contributed by atoms with Gasteiger partial charge in [0.15, 0.2) is 0 Å². The summed E-state index contributed by atoms with van der Waals surface area (Å²) in [6.45, 7) is 0.329. The van der Waals surface area contributed by atoms with Gasteiger partial charge in [0.2, 0.25) is 0 Å². The molecule has 0 radical (unpaired) electrons. The van der Waals surface area contributed by atoms with Crippen LogP contribution >= 0.6 is 0 Å². The van der Waals surface area contributed by atoms with Crippen LogP contribution in [-0.4, -0.2) is 30.1 Å². The minimum Gasteiger partial charge on any atom is -0.465 e. The topological polar surface area (TPSA) is 55.3 Å². The van der Waals surface area contributed by atoms with Gasteiger partial charge in [-0.3, -0.25) is 4.98 Å². The molecule has 122 valence electrons. The van der Waals surface area contributed by atoms with Crippen molar-refractivity contribution in [3.05, 3.63) is 53.5 Å². The van der Waals surface area contributed by atoms with Crippen molar-refractivity contribution in [1.29, 1.82) is 0 Å². The quantitative estimate of drug-likeness (QED) is 0.809. The number of carbonyl (C=O) groups is 1. The van der Waals surface area contributed by atoms with Gasteiger partial charge in [-0.25, -0.2) is 9.78 Å². The molecule has 0 aliphatic rings. The molecular formula is C15H14F3N3O2. The largest absolute Gasteiger partial charge is 0.465 e. The Labute approximate surface area is 130 Å². The monoisotopic (exact) mass is 325 g/mol. The van der Waals surface area contributed by atoms with Crippen LogP contribution in [0.25, 0.3) is 0 Å². The van der Waals surface area contributed by atoms with Crippen molar-refractivity contribution in [1.82, 2.24) is 9.97 Å². The minimum atomic E-state index is -4.68. The second-order valence-electron chi connectivity index (χ2n) is 4.79. The Morgan fingerprint density at radius 2 is 2.09 bits per heavy atom. The number of carbonyl (C=O) groups excluding carboxylic acids is 1. The van der Waals surface area contributed by atoms with Crippen molar-refractivity contribution in [2.45, 2.75) is 12.7 Å². The fourth-order valence-corrected chi connectivity index (χ4v) is 2.01. The molecule has 0 spiro atoms. The van der Waals surface area contributed by atoms with Gasteiger partial charge in [0.25, 0.3) is 0 Å². The molecule has 0 atom stereocenters. The Hall–Kier alpha value is -2.64. The fraction of sp³-hybridized carbons (Fsp3) is 0.267. The van der Waals surface area contributed by atoms with Gasteiger partial charge >= 0.3 is 12.1 Å². The Morgan fingerprint density at radius 1 is 1.35 bits per heavy atom. The molecule has 2 aromatic rings. The summed E-state index contributed by atoms with van der Waals surface area (Å²) in [6, 6.07) is 4.37. The average molecular weight is 325 g/mol. The molecule has 0 aromatic carbocycles. The molecule has 0 saturated carbocycles. The predicted molar refractivity (Wildman–Crippen MR) is 76.9 cm³/mol. The number of anilines is 1. The maximum Gasteiger partial charge on any atom is 0.417 e. The second-order valence-corrected chi connectivity index (χ2v) is 4.79. The molecular weight excluding hydrogens is 311 g/mol. The van der Waals surface area contributed by atoms with E-state index in [0.717, 1.165) is 24.9 Å². The molecule has 5 nitrogen and oxygen atoms in total. The standard InChI is InChI=1S/C15H14F3N3O2/c1-21(9-10-4-3-5-19-7-10)13-6-12(15(16,17)18)11(8-20-13)14(22)23-2/h3-8H,9H2,1-2H3. The molecule has 0 aliphatic carbocycles. The van der Waals surface area contributed by atoms with Crippen LogP contribution in [0.2, 0.25) is 0 Å². The molecule has 8 heteroatoms. The normalized spacial score (nSPS) is 11.2. The zero-order chi connectivity index (χ0) is 17.0. The first-order valence-corrected chi connectivity index (χ1v) is 6.58. The number of aromatic nitrogens is 2. The smallest absolute Gasteiger partial charge is 0.417 e. The summed E-state index contributed by atoms with van der Waals surface area (Å²) >= 11 is 0. The highest BCUT2D eigenvalue weighted by Crippen LogP contribution is 2.34. The van der Waals surface area contributed by atoms with Crippen LogP contribution in [0.3, 0.4) is 0 Å². The second kappa shape index (κ2) is 6.64. The third-order valence-electron chi connectivity index (χ3n) is 3.13. The third-order valence-corrected chi connectivity index (χ3v) is 3.13. The van der Waals surface area contributed by atoms with Crippen molar-refractivity contribution in [2.24, 2.45) is 0 Å². The number of rotatable bonds is 4. The summed E-state index contributed by atoms with van der Waals surface area (Å²) in [5, 5.41) is 0.